The summed E-state index contributed by atoms with van der Waals surface area (Å²) >= 11 is 0. The minimum absolute atomic E-state index is 0.183. The molecule has 1 N–H and O–H groups in total. The van der Waals surface area contributed by atoms with Crippen LogP contribution in [0.5, 0.6) is 0 Å². The number of carboxylic acids is 1. The van der Waals surface area contributed by atoms with E-state index in [2.05, 4.69) is 0 Å². The van der Waals surface area contributed by atoms with Gasteiger partial charge in [-0.3, -0.25) is 0 Å². The van der Waals surface area contributed by atoms with Gasteiger partial charge in [0.05, 0.1) is 0 Å². The fourth-order valence-electron chi connectivity index (χ4n) is 2.48. The summed E-state index contributed by atoms with van der Waals surface area (Å²) in [6, 6.07) is 6.39. The molecule has 0 unspecified atom stereocenters. The zero-order valence-electron chi connectivity index (χ0n) is 9.53. The summed E-state index contributed by atoms with van der Waals surface area (Å²) in [5, 5.41) is 8.90. The second-order valence-corrected chi connectivity index (χ2v) is 4.40. The Kier molecular flexibility index (Phi) is 3.57. The number of hydrogen-bond acceptors (Lipinski definition) is 1. The van der Waals surface area contributed by atoms with Crippen LogP contribution in [0, 0.1) is 11.7 Å². The van der Waals surface area contributed by atoms with Crippen LogP contribution in [-0.4, -0.2) is 11.1 Å². The van der Waals surface area contributed by atoms with E-state index in [1.54, 1.807) is 18.2 Å². The largest absolute Gasteiger partial charge is 0.478 e. The van der Waals surface area contributed by atoms with Crippen LogP contribution >= 0.6 is 0 Å². The van der Waals surface area contributed by atoms with Gasteiger partial charge in [-0.2, -0.15) is 0 Å². The Labute approximate surface area is 99.8 Å². The van der Waals surface area contributed by atoms with Crippen molar-refractivity contribution in [2.45, 2.75) is 25.7 Å². The topological polar surface area (TPSA) is 37.3 Å². The van der Waals surface area contributed by atoms with Crippen molar-refractivity contribution in [2.24, 2.45) is 5.92 Å². The van der Waals surface area contributed by atoms with Crippen molar-refractivity contribution in [3.8, 4) is 0 Å². The molecular formula is C14H15FO2. The molecule has 1 aromatic carbocycles. The molecule has 0 radical (unpaired) electrons. The smallest absolute Gasteiger partial charge is 0.328 e. The summed E-state index contributed by atoms with van der Waals surface area (Å²) in [4.78, 5) is 10.9. The Bertz CT molecular complexity index is 445. The van der Waals surface area contributed by atoms with E-state index >= 15 is 0 Å². The second-order valence-electron chi connectivity index (χ2n) is 4.40. The lowest BCUT2D eigenvalue weighted by Gasteiger charge is -2.15. The van der Waals surface area contributed by atoms with E-state index in [-0.39, 0.29) is 11.7 Å². The minimum Gasteiger partial charge on any atom is -0.478 e. The number of carbonyl (C=O) groups is 1. The van der Waals surface area contributed by atoms with Gasteiger partial charge in [0.2, 0.25) is 0 Å². The van der Waals surface area contributed by atoms with Gasteiger partial charge in [-0.1, -0.05) is 31.0 Å². The number of allylic oxidation sites excluding steroid dienone is 1. The number of aliphatic carboxylic acids is 1. The molecule has 0 aliphatic heterocycles. The second kappa shape index (κ2) is 5.13. The lowest BCUT2D eigenvalue weighted by Crippen LogP contribution is -2.03. The molecule has 2 rings (SSSR count). The molecule has 17 heavy (non-hydrogen) atoms. The molecule has 0 saturated heterocycles. The summed E-state index contributed by atoms with van der Waals surface area (Å²) in [5.41, 5.74) is 1.06. The highest BCUT2D eigenvalue weighted by molar-refractivity contribution is 5.90. The number of hydrogen-bond donors (Lipinski definition) is 1. The normalized spacial score (nSPS) is 17.4. The maximum absolute atomic E-state index is 13.7. The van der Waals surface area contributed by atoms with E-state index in [1.807, 2.05) is 0 Å². The first-order valence-electron chi connectivity index (χ1n) is 5.88. The Hall–Kier alpha value is -1.64. The van der Waals surface area contributed by atoms with Crippen LogP contribution in [0.4, 0.5) is 4.39 Å². The van der Waals surface area contributed by atoms with Gasteiger partial charge >= 0.3 is 5.97 Å². The summed E-state index contributed by atoms with van der Waals surface area (Å²) in [6.07, 6.45) is 5.25. The number of halogens is 1. The molecule has 1 aliphatic carbocycles. The third-order valence-electron chi connectivity index (χ3n) is 3.26. The Morgan fingerprint density at radius 3 is 2.53 bits per heavy atom. The van der Waals surface area contributed by atoms with E-state index in [0.717, 1.165) is 31.8 Å². The van der Waals surface area contributed by atoms with Crippen LogP contribution in [0.25, 0.3) is 5.57 Å². The Morgan fingerprint density at radius 2 is 1.94 bits per heavy atom. The van der Waals surface area contributed by atoms with Crippen molar-refractivity contribution in [3.05, 3.63) is 41.7 Å². The summed E-state index contributed by atoms with van der Waals surface area (Å²) in [7, 11) is 0. The number of rotatable bonds is 3. The molecule has 1 aliphatic rings. The first-order valence-corrected chi connectivity index (χ1v) is 5.88. The zero-order valence-corrected chi connectivity index (χ0v) is 9.53. The van der Waals surface area contributed by atoms with Gasteiger partial charge in [0.1, 0.15) is 5.82 Å². The molecule has 0 heterocycles. The third kappa shape index (κ3) is 2.73. The Balaban J connectivity index is 2.40. The minimum atomic E-state index is -1.00. The lowest BCUT2D eigenvalue weighted by atomic mass is 9.90. The van der Waals surface area contributed by atoms with E-state index < -0.39 is 5.97 Å². The monoisotopic (exact) mass is 234 g/mol. The van der Waals surface area contributed by atoms with Crippen LogP contribution < -0.4 is 0 Å². The van der Waals surface area contributed by atoms with Crippen molar-refractivity contribution in [2.75, 3.05) is 0 Å². The fraction of sp³-hybridized carbons (Fsp3) is 0.357. The maximum Gasteiger partial charge on any atom is 0.328 e. The molecule has 0 spiro atoms. The fourth-order valence-corrected chi connectivity index (χ4v) is 2.48. The van der Waals surface area contributed by atoms with Crippen LogP contribution in [-0.2, 0) is 4.79 Å². The van der Waals surface area contributed by atoms with Crippen molar-refractivity contribution in [1.82, 2.24) is 0 Å². The lowest BCUT2D eigenvalue weighted by molar-refractivity contribution is -0.131. The zero-order chi connectivity index (χ0) is 12.3. The molecule has 2 nitrogen and oxygen atoms in total. The van der Waals surface area contributed by atoms with Crippen molar-refractivity contribution in [3.63, 3.8) is 0 Å². The predicted molar refractivity (Wildman–Crippen MR) is 64.0 cm³/mol. The first-order chi connectivity index (χ1) is 8.18. The van der Waals surface area contributed by atoms with Gasteiger partial charge < -0.3 is 5.11 Å². The molecule has 0 amide bonds. The standard InChI is InChI=1S/C14H15FO2/c15-13-8-4-3-7-11(13)12(9-14(16)17)10-5-1-2-6-10/h3-4,7-10H,1-2,5-6H2,(H,16,17)/b12-9+. The predicted octanol–water partition coefficient (Wildman–Crippen LogP) is 3.48. The highest BCUT2D eigenvalue weighted by Gasteiger charge is 2.23. The molecule has 0 atom stereocenters. The van der Waals surface area contributed by atoms with Gasteiger partial charge in [0.15, 0.2) is 0 Å². The molecule has 3 heteroatoms. The van der Waals surface area contributed by atoms with Gasteiger partial charge in [0.25, 0.3) is 0 Å². The summed E-state index contributed by atoms with van der Waals surface area (Å²) in [6.45, 7) is 0. The van der Waals surface area contributed by atoms with Crippen molar-refractivity contribution >= 4 is 11.5 Å². The van der Waals surface area contributed by atoms with E-state index in [1.165, 1.54) is 6.07 Å². The Morgan fingerprint density at radius 1 is 1.29 bits per heavy atom. The first kappa shape index (κ1) is 11.8. The molecule has 90 valence electrons. The SMILES string of the molecule is O=C(O)/C=C(/c1ccccc1F)C1CCCC1. The van der Waals surface area contributed by atoms with Crippen molar-refractivity contribution < 1.29 is 14.3 Å². The quantitative estimate of drug-likeness (QED) is 0.813. The molecule has 0 aromatic heterocycles. The van der Waals surface area contributed by atoms with Crippen LogP contribution in [0.3, 0.4) is 0 Å². The summed E-state index contributed by atoms with van der Waals surface area (Å²) < 4.78 is 13.7. The van der Waals surface area contributed by atoms with Crippen LogP contribution in [0.15, 0.2) is 30.3 Å². The summed E-state index contributed by atoms with van der Waals surface area (Å²) in [5.74, 6) is -1.16. The number of benzene rings is 1. The van der Waals surface area contributed by atoms with Crippen LogP contribution in [0.2, 0.25) is 0 Å². The molecular weight excluding hydrogens is 219 g/mol. The van der Waals surface area contributed by atoms with Gasteiger partial charge in [0, 0.05) is 11.6 Å². The molecule has 1 fully saturated rings. The van der Waals surface area contributed by atoms with E-state index in [9.17, 15) is 9.18 Å². The van der Waals surface area contributed by atoms with Gasteiger partial charge in [-0.25, -0.2) is 9.18 Å². The average molecular weight is 234 g/mol. The number of carboxylic acid groups (broad SMARTS) is 1. The molecule has 1 aromatic rings. The maximum atomic E-state index is 13.7. The van der Waals surface area contributed by atoms with Gasteiger partial charge in [-0.15, -0.1) is 0 Å². The molecule has 1 saturated carbocycles. The van der Waals surface area contributed by atoms with Gasteiger partial charge in [-0.05, 0) is 30.4 Å². The third-order valence-corrected chi connectivity index (χ3v) is 3.26. The average Bonchev–Trinajstić information content (AvgIpc) is 2.80. The highest BCUT2D eigenvalue weighted by atomic mass is 19.1. The van der Waals surface area contributed by atoms with Crippen molar-refractivity contribution in [1.29, 1.82) is 0 Å². The van der Waals surface area contributed by atoms with Crippen LogP contribution in [0.1, 0.15) is 31.2 Å². The molecule has 0 bridgehead atoms. The van der Waals surface area contributed by atoms with E-state index in [0.29, 0.717) is 11.1 Å². The van der Waals surface area contributed by atoms with E-state index in [4.69, 9.17) is 5.11 Å². The highest BCUT2D eigenvalue weighted by Crippen LogP contribution is 2.37.